The first-order valence-electron chi connectivity index (χ1n) is 8.04. The lowest BCUT2D eigenvalue weighted by Crippen LogP contribution is -2.48. The molecule has 0 unspecified atom stereocenters. The molecule has 0 radical (unpaired) electrons. The van der Waals surface area contributed by atoms with Crippen LogP contribution >= 0.6 is 0 Å². The largest absolute Gasteiger partial charge is 0.465 e. The van der Waals surface area contributed by atoms with Crippen molar-refractivity contribution in [3.8, 4) is 0 Å². The average Bonchev–Trinajstić information content (AvgIpc) is 2.81. The van der Waals surface area contributed by atoms with E-state index in [0.717, 1.165) is 29.9 Å². The van der Waals surface area contributed by atoms with Gasteiger partial charge in [0.2, 0.25) is 0 Å². The van der Waals surface area contributed by atoms with Gasteiger partial charge in [-0.3, -0.25) is 0 Å². The van der Waals surface area contributed by atoms with Crippen LogP contribution in [0.5, 0.6) is 0 Å². The van der Waals surface area contributed by atoms with E-state index < -0.39 is 0 Å². The van der Waals surface area contributed by atoms with Crippen LogP contribution in [0.1, 0.15) is 62.5 Å². The summed E-state index contributed by atoms with van der Waals surface area (Å²) in [4.78, 5) is 0. The Balaban J connectivity index is 1.73. The van der Waals surface area contributed by atoms with Gasteiger partial charge in [-0.15, -0.1) is 0 Å². The van der Waals surface area contributed by atoms with Crippen molar-refractivity contribution in [3.05, 3.63) is 23.2 Å². The third-order valence-corrected chi connectivity index (χ3v) is 6.00. The summed E-state index contributed by atoms with van der Waals surface area (Å²) in [6, 6.07) is 2.30. The zero-order chi connectivity index (χ0) is 13.0. The number of rotatable bonds is 3. The lowest BCUT2D eigenvalue weighted by Gasteiger charge is -2.55. The molecule has 4 aliphatic rings. The molecule has 0 saturated heterocycles. The third kappa shape index (κ3) is 1.72. The van der Waals surface area contributed by atoms with Gasteiger partial charge in [-0.1, -0.05) is 6.92 Å². The van der Waals surface area contributed by atoms with Crippen molar-refractivity contribution in [2.45, 2.75) is 63.8 Å². The van der Waals surface area contributed by atoms with E-state index in [9.17, 15) is 0 Å². The SMILES string of the molecule is CCc1oc(C23CC4CC(CC(C4)C2)C3)cc1CN. The summed E-state index contributed by atoms with van der Waals surface area (Å²) in [5, 5.41) is 0. The third-order valence-electron chi connectivity index (χ3n) is 6.00. The van der Waals surface area contributed by atoms with Crippen molar-refractivity contribution in [2.75, 3.05) is 0 Å². The molecule has 104 valence electrons. The predicted octanol–water partition coefficient (Wildman–Crippen LogP) is 3.77. The van der Waals surface area contributed by atoms with E-state index in [1.807, 2.05) is 0 Å². The fraction of sp³-hybridized carbons (Fsp3) is 0.765. The Morgan fingerprint density at radius 1 is 1.16 bits per heavy atom. The van der Waals surface area contributed by atoms with Gasteiger partial charge >= 0.3 is 0 Å². The first-order valence-corrected chi connectivity index (χ1v) is 8.04. The predicted molar refractivity (Wildman–Crippen MR) is 75.8 cm³/mol. The molecule has 2 N–H and O–H groups in total. The fourth-order valence-corrected chi connectivity index (χ4v) is 5.61. The van der Waals surface area contributed by atoms with E-state index in [2.05, 4.69) is 13.0 Å². The lowest BCUT2D eigenvalue weighted by atomic mass is 9.49. The first-order chi connectivity index (χ1) is 9.22. The van der Waals surface area contributed by atoms with Crippen molar-refractivity contribution in [2.24, 2.45) is 23.5 Å². The van der Waals surface area contributed by atoms with E-state index in [1.54, 1.807) is 0 Å². The van der Waals surface area contributed by atoms with E-state index in [4.69, 9.17) is 10.2 Å². The number of aryl methyl sites for hydroxylation is 1. The molecular weight excluding hydrogens is 234 g/mol. The van der Waals surface area contributed by atoms with Crippen LogP contribution < -0.4 is 5.73 Å². The average molecular weight is 259 g/mol. The lowest BCUT2D eigenvalue weighted by molar-refractivity contribution is -0.0155. The van der Waals surface area contributed by atoms with E-state index in [0.29, 0.717) is 12.0 Å². The van der Waals surface area contributed by atoms with Gasteiger partial charge in [0.25, 0.3) is 0 Å². The van der Waals surface area contributed by atoms with Crippen molar-refractivity contribution in [3.63, 3.8) is 0 Å². The Morgan fingerprint density at radius 3 is 2.16 bits per heavy atom. The van der Waals surface area contributed by atoms with E-state index in [1.165, 1.54) is 49.8 Å². The summed E-state index contributed by atoms with van der Waals surface area (Å²) in [6.45, 7) is 2.79. The molecule has 2 nitrogen and oxygen atoms in total. The van der Waals surface area contributed by atoms with Crippen molar-refractivity contribution >= 4 is 0 Å². The van der Waals surface area contributed by atoms with Gasteiger partial charge in [-0.2, -0.15) is 0 Å². The van der Waals surface area contributed by atoms with E-state index >= 15 is 0 Å². The second kappa shape index (κ2) is 4.12. The highest BCUT2D eigenvalue weighted by atomic mass is 16.3. The quantitative estimate of drug-likeness (QED) is 0.897. The number of hydrogen-bond acceptors (Lipinski definition) is 2. The fourth-order valence-electron chi connectivity index (χ4n) is 5.61. The van der Waals surface area contributed by atoms with Gasteiger partial charge in [0.1, 0.15) is 11.5 Å². The highest BCUT2D eigenvalue weighted by molar-refractivity contribution is 5.29. The number of hydrogen-bond donors (Lipinski definition) is 1. The van der Waals surface area contributed by atoms with Crippen LogP contribution in [0, 0.1) is 17.8 Å². The van der Waals surface area contributed by atoms with Crippen LogP contribution in [-0.2, 0) is 18.4 Å². The van der Waals surface area contributed by atoms with Crippen LogP contribution in [0.25, 0.3) is 0 Å². The summed E-state index contributed by atoms with van der Waals surface area (Å²) < 4.78 is 6.26. The Bertz CT molecular complexity index is 431. The molecule has 2 heteroatoms. The van der Waals surface area contributed by atoms with Crippen LogP contribution in [0.3, 0.4) is 0 Å². The maximum atomic E-state index is 6.26. The van der Waals surface area contributed by atoms with Gasteiger partial charge in [-0.05, 0) is 62.3 Å². The van der Waals surface area contributed by atoms with Gasteiger partial charge in [-0.25, -0.2) is 0 Å². The molecule has 19 heavy (non-hydrogen) atoms. The second-order valence-corrected chi connectivity index (χ2v) is 7.31. The molecule has 1 heterocycles. The van der Waals surface area contributed by atoms with Crippen LogP contribution in [0.15, 0.2) is 10.5 Å². The second-order valence-electron chi connectivity index (χ2n) is 7.31. The van der Waals surface area contributed by atoms with Crippen LogP contribution in [0.2, 0.25) is 0 Å². The van der Waals surface area contributed by atoms with Crippen LogP contribution in [0.4, 0.5) is 0 Å². The smallest absolute Gasteiger partial charge is 0.110 e. The summed E-state index contributed by atoms with van der Waals surface area (Å²) >= 11 is 0. The molecule has 4 saturated carbocycles. The molecule has 0 atom stereocenters. The molecule has 1 aromatic rings. The van der Waals surface area contributed by atoms with Gasteiger partial charge in [0.05, 0.1) is 0 Å². The van der Waals surface area contributed by atoms with Crippen molar-refractivity contribution < 1.29 is 4.42 Å². The Kier molecular flexibility index (Phi) is 2.60. The minimum Gasteiger partial charge on any atom is -0.465 e. The van der Waals surface area contributed by atoms with Crippen LogP contribution in [-0.4, -0.2) is 0 Å². The molecule has 4 bridgehead atoms. The highest BCUT2D eigenvalue weighted by Gasteiger charge is 2.53. The minimum absolute atomic E-state index is 0.381. The molecule has 4 fully saturated rings. The summed E-state index contributed by atoms with van der Waals surface area (Å²) in [6.07, 6.45) is 9.57. The molecule has 0 aromatic carbocycles. The molecular formula is C17H25NO. The van der Waals surface area contributed by atoms with E-state index in [-0.39, 0.29) is 0 Å². The summed E-state index contributed by atoms with van der Waals surface area (Å²) in [5.41, 5.74) is 7.50. The molecule has 0 spiro atoms. The molecule has 1 aromatic heterocycles. The molecule has 0 aliphatic heterocycles. The normalized spacial score (nSPS) is 40.0. The van der Waals surface area contributed by atoms with Crippen molar-refractivity contribution in [1.82, 2.24) is 0 Å². The topological polar surface area (TPSA) is 39.2 Å². The number of nitrogens with two attached hydrogens (primary N) is 1. The monoisotopic (exact) mass is 259 g/mol. The van der Waals surface area contributed by atoms with Crippen molar-refractivity contribution in [1.29, 1.82) is 0 Å². The van der Waals surface area contributed by atoms with Gasteiger partial charge in [0, 0.05) is 23.9 Å². The standard InChI is InChI=1S/C17H25NO/c1-2-15-14(10-18)6-16(19-15)17-7-11-3-12(8-17)5-13(4-11)9-17/h6,11-13H,2-5,7-10,18H2,1H3. The molecule has 5 rings (SSSR count). The Morgan fingerprint density at radius 2 is 1.74 bits per heavy atom. The van der Waals surface area contributed by atoms with Gasteiger partial charge < -0.3 is 10.2 Å². The minimum atomic E-state index is 0.381. The zero-order valence-electron chi connectivity index (χ0n) is 12.0. The Labute approximate surface area is 115 Å². The molecule has 0 amide bonds. The zero-order valence-corrected chi connectivity index (χ0v) is 12.0. The highest BCUT2D eigenvalue weighted by Crippen LogP contribution is 2.61. The number of furan rings is 1. The molecule has 4 aliphatic carbocycles. The first kappa shape index (κ1) is 12.0. The summed E-state index contributed by atoms with van der Waals surface area (Å²) in [7, 11) is 0. The maximum Gasteiger partial charge on any atom is 0.110 e. The summed E-state index contributed by atoms with van der Waals surface area (Å²) in [5.74, 6) is 5.34. The maximum absolute atomic E-state index is 6.26. The van der Waals surface area contributed by atoms with Gasteiger partial charge in [0.15, 0.2) is 0 Å². The Hall–Kier alpha value is -0.760.